The number of hydrogen-bond donors (Lipinski definition) is 2. The van der Waals surface area contributed by atoms with Crippen molar-refractivity contribution < 1.29 is 4.21 Å². The summed E-state index contributed by atoms with van der Waals surface area (Å²) in [5, 5.41) is 7.51. The largest absolute Gasteiger partial charge is 0.369 e. The van der Waals surface area contributed by atoms with Crippen LogP contribution in [0.2, 0.25) is 5.02 Å². The third-order valence-corrected chi connectivity index (χ3v) is 6.27. The molecule has 28 heavy (non-hydrogen) atoms. The summed E-state index contributed by atoms with van der Waals surface area (Å²) >= 11 is 6.10. The van der Waals surface area contributed by atoms with E-state index in [9.17, 15) is 4.21 Å². The summed E-state index contributed by atoms with van der Waals surface area (Å²) < 4.78 is 12.2. The first-order valence-corrected chi connectivity index (χ1v) is 11.4. The van der Waals surface area contributed by atoms with E-state index in [2.05, 4.69) is 26.6 Å². The molecule has 0 saturated carbocycles. The minimum Gasteiger partial charge on any atom is -0.369 e. The molecular weight excluding hydrogens is 392 g/mol. The van der Waals surface area contributed by atoms with Crippen molar-refractivity contribution in [1.29, 1.82) is 0 Å². The maximum absolute atomic E-state index is 12.2. The number of anilines is 1. The first-order chi connectivity index (χ1) is 13.6. The molecule has 1 heterocycles. The average Bonchev–Trinajstić information content (AvgIpc) is 3.16. The number of guanidine groups is 1. The number of halogens is 1. The molecule has 0 amide bonds. The molecule has 2 N–H and O–H groups in total. The highest BCUT2D eigenvalue weighted by atomic mass is 35.5. The molecule has 0 radical (unpaired) electrons. The smallest absolute Gasteiger partial charge is 0.191 e. The molecule has 5 nitrogen and oxygen atoms in total. The van der Waals surface area contributed by atoms with Gasteiger partial charge in [0.1, 0.15) is 0 Å². The molecule has 2 aromatic rings. The van der Waals surface area contributed by atoms with Crippen LogP contribution in [-0.2, 0) is 16.6 Å². The van der Waals surface area contributed by atoms with E-state index in [1.165, 1.54) is 0 Å². The minimum absolute atomic E-state index is 0.319. The molecule has 0 bridgehead atoms. The van der Waals surface area contributed by atoms with Crippen LogP contribution < -0.4 is 15.5 Å². The Morgan fingerprint density at radius 1 is 1.25 bits per heavy atom. The van der Waals surface area contributed by atoms with Crippen LogP contribution in [0.25, 0.3) is 0 Å². The van der Waals surface area contributed by atoms with E-state index in [0.717, 1.165) is 41.7 Å². The second-order valence-corrected chi connectivity index (χ2v) is 8.84. The molecule has 3 rings (SSSR count). The van der Waals surface area contributed by atoms with Crippen LogP contribution in [-0.4, -0.2) is 48.6 Å². The van der Waals surface area contributed by atoms with Crippen molar-refractivity contribution in [2.24, 2.45) is 4.99 Å². The molecule has 2 unspecified atom stereocenters. The molecule has 7 heteroatoms. The monoisotopic (exact) mass is 418 g/mol. The minimum atomic E-state index is -0.892. The quantitative estimate of drug-likeness (QED) is 0.536. The van der Waals surface area contributed by atoms with Gasteiger partial charge in [-0.25, -0.2) is 0 Å². The third kappa shape index (κ3) is 6.24. The zero-order chi connectivity index (χ0) is 19.8. The highest BCUT2D eigenvalue weighted by Gasteiger charge is 2.23. The van der Waals surface area contributed by atoms with Crippen molar-refractivity contribution in [3.63, 3.8) is 0 Å². The van der Waals surface area contributed by atoms with Gasteiger partial charge in [0.25, 0.3) is 0 Å². The standard InChI is InChI=1S/C21H27ClN4OS/c1-23-21(24-11-13-28(27)16-17-6-3-2-4-7-17)25-19-10-12-26(15-19)20-9-5-8-18(22)14-20/h2-9,14,19H,10-13,15-16H2,1H3,(H2,23,24,25). The number of benzene rings is 2. The molecule has 150 valence electrons. The zero-order valence-electron chi connectivity index (χ0n) is 16.1. The predicted molar refractivity (Wildman–Crippen MR) is 120 cm³/mol. The van der Waals surface area contributed by atoms with Gasteiger partial charge >= 0.3 is 0 Å². The van der Waals surface area contributed by atoms with Crippen LogP contribution in [0.15, 0.2) is 59.6 Å². The Labute approximate surface area is 174 Å². The van der Waals surface area contributed by atoms with Gasteiger partial charge in [0.2, 0.25) is 0 Å². The van der Waals surface area contributed by atoms with E-state index in [0.29, 0.717) is 24.1 Å². The number of nitrogens with one attached hydrogen (secondary N) is 2. The predicted octanol–water partition coefficient (Wildman–Crippen LogP) is 3.03. The maximum atomic E-state index is 12.2. The van der Waals surface area contributed by atoms with E-state index in [-0.39, 0.29) is 0 Å². The highest BCUT2D eigenvalue weighted by Crippen LogP contribution is 2.23. The lowest BCUT2D eigenvalue weighted by Crippen LogP contribution is -2.45. The van der Waals surface area contributed by atoms with Crippen LogP contribution in [0, 0.1) is 0 Å². The lowest BCUT2D eigenvalue weighted by Gasteiger charge is -2.20. The Kier molecular flexibility index (Phi) is 7.74. The van der Waals surface area contributed by atoms with Crippen LogP contribution in [0.1, 0.15) is 12.0 Å². The SMILES string of the molecule is CN=C(NCCS(=O)Cc1ccccc1)NC1CCN(c2cccc(Cl)c2)C1. The fourth-order valence-electron chi connectivity index (χ4n) is 3.29. The molecule has 1 aliphatic rings. The first kappa shape index (κ1) is 20.7. The van der Waals surface area contributed by atoms with Crippen molar-refractivity contribution in [1.82, 2.24) is 10.6 Å². The third-order valence-electron chi connectivity index (χ3n) is 4.72. The van der Waals surface area contributed by atoms with Crippen LogP contribution in [0.4, 0.5) is 5.69 Å². The maximum Gasteiger partial charge on any atom is 0.191 e. The summed E-state index contributed by atoms with van der Waals surface area (Å²) in [6, 6.07) is 18.2. The van der Waals surface area contributed by atoms with Crippen molar-refractivity contribution in [2.45, 2.75) is 18.2 Å². The number of hydrogen-bond acceptors (Lipinski definition) is 3. The van der Waals surface area contributed by atoms with E-state index in [1.807, 2.05) is 48.5 Å². The summed E-state index contributed by atoms with van der Waals surface area (Å²) in [6.45, 7) is 2.51. The van der Waals surface area contributed by atoms with E-state index in [1.54, 1.807) is 7.05 Å². The van der Waals surface area contributed by atoms with E-state index < -0.39 is 10.8 Å². The molecular formula is C21H27ClN4OS. The van der Waals surface area contributed by atoms with Gasteiger partial charge in [-0.2, -0.15) is 0 Å². The van der Waals surface area contributed by atoms with Crippen molar-refractivity contribution in [3.8, 4) is 0 Å². The first-order valence-electron chi connectivity index (χ1n) is 9.50. The van der Waals surface area contributed by atoms with Crippen LogP contribution in [0.3, 0.4) is 0 Å². The second-order valence-electron chi connectivity index (χ2n) is 6.83. The molecule has 1 fully saturated rings. The summed E-state index contributed by atoms with van der Waals surface area (Å²) in [7, 11) is 0.872. The van der Waals surface area contributed by atoms with Gasteiger partial charge < -0.3 is 15.5 Å². The van der Waals surface area contributed by atoms with Gasteiger partial charge in [0, 0.05) is 65.7 Å². The van der Waals surface area contributed by atoms with E-state index >= 15 is 0 Å². The highest BCUT2D eigenvalue weighted by molar-refractivity contribution is 7.84. The molecule has 0 spiro atoms. The Hall–Kier alpha value is -2.05. The summed E-state index contributed by atoms with van der Waals surface area (Å²) in [5.41, 5.74) is 2.26. The van der Waals surface area contributed by atoms with Gasteiger partial charge in [-0.3, -0.25) is 9.20 Å². The van der Waals surface area contributed by atoms with Gasteiger partial charge in [0.15, 0.2) is 5.96 Å². The van der Waals surface area contributed by atoms with E-state index in [4.69, 9.17) is 11.6 Å². The molecule has 1 aliphatic heterocycles. The molecule has 2 aromatic carbocycles. The fraction of sp³-hybridized carbons (Fsp3) is 0.381. The van der Waals surface area contributed by atoms with Crippen molar-refractivity contribution >= 4 is 34.0 Å². The Morgan fingerprint density at radius 3 is 2.82 bits per heavy atom. The number of aliphatic imine (C=N–C) groups is 1. The van der Waals surface area contributed by atoms with Crippen LogP contribution >= 0.6 is 11.6 Å². The normalized spacial score (nSPS) is 18.1. The second kappa shape index (κ2) is 10.5. The Balaban J connectivity index is 1.40. The number of nitrogens with zero attached hydrogens (tertiary/aromatic N) is 2. The van der Waals surface area contributed by atoms with Crippen molar-refractivity contribution in [2.75, 3.05) is 37.3 Å². The fourth-order valence-corrected chi connectivity index (χ4v) is 4.51. The Bertz CT molecular complexity index is 815. The van der Waals surface area contributed by atoms with Crippen molar-refractivity contribution in [3.05, 3.63) is 65.2 Å². The van der Waals surface area contributed by atoms with Gasteiger partial charge in [-0.05, 0) is 30.2 Å². The lowest BCUT2D eigenvalue weighted by molar-refractivity contribution is 0.650. The summed E-state index contributed by atoms with van der Waals surface area (Å²) in [5.74, 6) is 1.94. The topological polar surface area (TPSA) is 56.7 Å². The van der Waals surface area contributed by atoms with Gasteiger partial charge in [0.05, 0.1) is 0 Å². The van der Waals surface area contributed by atoms with Gasteiger partial charge in [-0.1, -0.05) is 48.0 Å². The molecule has 0 aliphatic carbocycles. The van der Waals surface area contributed by atoms with Gasteiger partial charge in [-0.15, -0.1) is 0 Å². The molecule has 0 aromatic heterocycles. The lowest BCUT2D eigenvalue weighted by atomic mass is 10.2. The molecule has 1 saturated heterocycles. The zero-order valence-corrected chi connectivity index (χ0v) is 17.7. The summed E-state index contributed by atoms with van der Waals surface area (Å²) in [6.07, 6.45) is 1.03. The average molecular weight is 419 g/mol. The van der Waals surface area contributed by atoms with Crippen LogP contribution in [0.5, 0.6) is 0 Å². The Morgan fingerprint density at radius 2 is 2.07 bits per heavy atom. The number of rotatable bonds is 7. The molecule has 2 atom stereocenters. The summed E-state index contributed by atoms with van der Waals surface area (Å²) in [4.78, 5) is 6.63.